The number of hydrogen-bond donors (Lipinski definition) is 3. The van der Waals surface area contributed by atoms with E-state index in [1.165, 1.54) is 12.8 Å². The first kappa shape index (κ1) is 17.8. The minimum atomic E-state index is -0.905. The lowest BCUT2D eigenvalue weighted by atomic mass is 9.94. The third-order valence-electron chi connectivity index (χ3n) is 4.15. The number of rotatable bonds is 7. The maximum Gasteiger partial charge on any atom is 0.314 e. The van der Waals surface area contributed by atoms with Gasteiger partial charge >= 0.3 is 12.0 Å². The zero-order valence-electron chi connectivity index (χ0n) is 13.4. The number of amides is 2. The Labute approximate surface area is 127 Å². The summed E-state index contributed by atoms with van der Waals surface area (Å²) in [5.41, 5.74) is 0. The van der Waals surface area contributed by atoms with Crippen LogP contribution < -0.4 is 10.6 Å². The Morgan fingerprint density at radius 1 is 1.24 bits per heavy atom. The zero-order valence-corrected chi connectivity index (χ0v) is 13.4. The molecule has 1 aliphatic rings. The van der Waals surface area contributed by atoms with Gasteiger partial charge in [-0.3, -0.25) is 9.69 Å². The van der Waals surface area contributed by atoms with Gasteiger partial charge in [0.2, 0.25) is 0 Å². The molecule has 2 amide bonds. The SMILES string of the molecule is CC1CCN(C(CNC(=O)NCCC(=O)O)C(C)C)CC1. The average Bonchev–Trinajstić information content (AvgIpc) is 2.40. The van der Waals surface area contributed by atoms with Crippen molar-refractivity contribution in [1.29, 1.82) is 0 Å². The number of nitrogens with one attached hydrogen (secondary N) is 2. The van der Waals surface area contributed by atoms with Crippen LogP contribution in [0.5, 0.6) is 0 Å². The lowest BCUT2D eigenvalue weighted by molar-refractivity contribution is -0.136. The van der Waals surface area contributed by atoms with Gasteiger partial charge in [-0.15, -0.1) is 0 Å². The van der Waals surface area contributed by atoms with Crippen LogP contribution in [0.15, 0.2) is 0 Å². The van der Waals surface area contributed by atoms with Gasteiger partial charge in [0, 0.05) is 19.1 Å². The predicted molar refractivity (Wildman–Crippen MR) is 82.3 cm³/mol. The molecule has 1 saturated heterocycles. The van der Waals surface area contributed by atoms with E-state index in [1.54, 1.807) is 0 Å². The zero-order chi connectivity index (χ0) is 15.8. The fourth-order valence-corrected chi connectivity index (χ4v) is 2.69. The molecular weight excluding hydrogens is 270 g/mol. The van der Waals surface area contributed by atoms with Crippen LogP contribution >= 0.6 is 0 Å². The molecule has 0 radical (unpaired) electrons. The molecule has 6 heteroatoms. The Hall–Kier alpha value is -1.30. The minimum absolute atomic E-state index is 0.0506. The van der Waals surface area contributed by atoms with Crippen LogP contribution in [0.25, 0.3) is 0 Å². The van der Waals surface area contributed by atoms with Crippen molar-refractivity contribution in [3.63, 3.8) is 0 Å². The van der Waals surface area contributed by atoms with Gasteiger partial charge in [-0.05, 0) is 37.8 Å². The van der Waals surface area contributed by atoms with Crippen molar-refractivity contribution in [2.75, 3.05) is 26.2 Å². The number of carbonyl (C=O) groups is 2. The molecule has 0 aromatic rings. The molecule has 122 valence electrons. The summed E-state index contributed by atoms with van der Waals surface area (Å²) in [6, 6.07) is 0.0509. The molecular formula is C15H29N3O3. The summed E-state index contributed by atoms with van der Waals surface area (Å²) in [5, 5.41) is 14.0. The molecule has 1 fully saturated rings. The summed E-state index contributed by atoms with van der Waals surface area (Å²) in [7, 11) is 0. The van der Waals surface area contributed by atoms with Crippen molar-refractivity contribution in [2.24, 2.45) is 11.8 Å². The van der Waals surface area contributed by atoms with Crippen molar-refractivity contribution in [2.45, 2.75) is 46.1 Å². The summed E-state index contributed by atoms with van der Waals surface area (Å²) in [5.74, 6) is 0.358. The first-order valence-corrected chi connectivity index (χ1v) is 7.87. The van der Waals surface area contributed by atoms with Crippen LogP contribution in [0.3, 0.4) is 0 Å². The number of carboxylic acid groups (broad SMARTS) is 1. The minimum Gasteiger partial charge on any atom is -0.481 e. The number of nitrogens with zero attached hydrogens (tertiary/aromatic N) is 1. The van der Waals surface area contributed by atoms with E-state index in [9.17, 15) is 9.59 Å². The molecule has 6 nitrogen and oxygen atoms in total. The maximum absolute atomic E-state index is 11.7. The molecule has 0 bridgehead atoms. The Morgan fingerprint density at radius 3 is 2.38 bits per heavy atom. The highest BCUT2D eigenvalue weighted by molar-refractivity contribution is 5.74. The number of aliphatic carboxylic acids is 1. The van der Waals surface area contributed by atoms with Gasteiger partial charge in [0.1, 0.15) is 0 Å². The summed E-state index contributed by atoms with van der Waals surface area (Å²) < 4.78 is 0. The number of carbonyl (C=O) groups excluding carboxylic acids is 1. The highest BCUT2D eigenvalue weighted by atomic mass is 16.4. The van der Waals surface area contributed by atoms with Crippen LogP contribution in [-0.4, -0.2) is 54.2 Å². The third kappa shape index (κ3) is 6.80. The molecule has 0 saturated carbocycles. The third-order valence-corrected chi connectivity index (χ3v) is 4.15. The van der Waals surface area contributed by atoms with E-state index in [1.807, 2.05) is 0 Å². The first-order chi connectivity index (χ1) is 9.90. The molecule has 21 heavy (non-hydrogen) atoms. The summed E-state index contributed by atoms with van der Waals surface area (Å²) in [6.45, 7) is 9.58. The largest absolute Gasteiger partial charge is 0.481 e. The van der Waals surface area contributed by atoms with E-state index in [0.717, 1.165) is 19.0 Å². The number of carboxylic acids is 1. The van der Waals surface area contributed by atoms with Crippen molar-refractivity contribution in [3.8, 4) is 0 Å². The summed E-state index contributed by atoms with van der Waals surface area (Å²) in [4.78, 5) is 24.5. The lowest BCUT2D eigenvalue weighted by Crippen LogP contribution is -2.51. The van der Waals surface area contributed by atoms with Crippen LogP contribution in [0.1, 0.15) is 40.0 Å². The fourth-order valence-electron chi connectivity index (χ4n) is 2.69. The first-order valence-electron chi connectivity index (χ1n) is 7.87. The fraction of sp³-hybridized carbons (Fsp3) is 0.867. The molecule has 1 atom stereocenters. The molecule has 1 rings (SSSR count). The molecule has 1 heterocycles. The van der Waals surface area contributed by atoms with Crippen LogP contribution in [0.4, 0.5) is 4.79 Å². The van der Waals surface area contributed by atoms with Crippen molar-refractivity contribution < 1.29 is 14.7 Å². The standard InChI is InChI=1S/C15H29N3O3/c1-11(2)13(18-8-5-12(3)6-9-18)10-17-15(21)16-7-4-14(19)20/h11-13H,4-10H2,1-3H3,(H,19,20)(H2,16,17,21). The Kier molecular flexibility index (Phi) is 7.50. The summed E-state index contributed by atoms with van der Waals surface area (Å²) in [6.07, 6.45) is 2.38. The smallest absolute Gasteiger partial charge is 0.314 e. The molecule has 0 aliphatic carbocycles. The topological polar surface area (TPSA) is 81.7 Å². The molecule has 0 aromatic heterocycles. The quantitative estimate of drug-likeness (QED) is 0.665. The van der Waals surface area contributed by atoms with Gasteiger partial charge in [0.05, 0.1) is 6.42 Å². The van der Waals surface area contributed by atoms with E-state index in [-0.39, 0.29) is 19.0 Å². The molecule has 1 unspecified atom stereocenters. The van der Waals surface area contributed by atoms with E-state index < -0.39 is 5.97 Å². The number of hydrogen-bond acceptors (Lipinski definition) is 3. The second kappa shape index (κ2) is 8.87. The Balaban J connectivity index is 2.34. The van der Waals surface area contributed by atoms with Crippen molar-refractivity contribution >= 4 is 12.0 Å². The van der Waals surface area contributed by atoms with Crippen LogP contribution in [0.2, 0.25) is 0 Å². The van der Waals surface area contributed by atoms with Gasteiger partial charge in [-0.25, -0.2) is 4.79 Å². The maximum atomic E-state index is 11.7. The highest BCUT2D eigenvalue weighted by Gasteiger charge is 2.25. The Morgan fingerprint density at radius 2 is 1.86 bits per heavy atom. The molecule has 3 N–H and O–H groups in total. The Bertz CT molecular complexity index is 339. The number of piperidine rings is 1. The number of likely N-dealkylation sites (tertiary alicyclic amines) is 1. The molecule has 1 aliphatic heterocycles. The van der Waals surface area contributed by atoms with Crippen molar-refractivity contribution in [1.82, 2.24) is 15.5 Å². The van der Waals surface area contributed by atoms with Gasteiger partial charge in [-0.1, -0.05) is 20.8 Å². The van der Waals surface area contributed by atoms with Gasteiger partial charge in [0.25, 0.3) is 0 Å². The van der Waals surface area contributed by atoms with Crippen LogP contribution in [0, 0.1) is 11.8 Å². The van der Waals surface area contributed by atoms with Gasteiger partial charge in [0.15, 0.2) is 0 Å². The predicted octanol–water partition coefficient (Wildman–Crippen LogP) is 1.52. The van der Waals surface area contributed by atoms with Crippen molar-refractivity contribution in [3.05, 3.63) is 0 Å². The van der Waals surface area contributed by atoms with E-state index in [4.69, 9.17) is 5.11 Å². The average molecular weight is 299 g/mol. The summed E-state index contributed by atoms with van der Waals surface area (Å²) >= 11 is 0. The number of urea groups is 1. The van der Waals surface area contributed by atoms with E-state index in [2.05, 4.69) is 36.3 Å². The highest BCUT2D eigenvalue weighted by Crippen LogP contribution is 2.20. The van der Waals surface area contributed by atoms with Gasteiger partial charge in [-0.2, -0.15) is 0 Å². The lowest BCUT2D eigenvalue weighted by Gasteiger charge is -2.38. The normalized spacial score (nSPS) is 18.5. The second-order valence-electron chi connectivity index (χ2n) is 6.31. The van der Waals surface area contributed by atoms with Gasteiger partial charge < -0.3 is 15.7 Å². The molecule has 0 aromatic carbocycles. The van der Waals surface area contributed by atoms with E-state index in [0.29, 0.717) is 18.5 Å². The van der Waals surface area contributed by atoms with E-state index >= 15 is 0 Å². The monoisotopic (exact) mass is 299 g/mol. The molecule has 0 spiro atoms. The second-order valence-corrected chi connectivity index (χ2v) is 6.31. The van der Waals surface area contributed by atoms with Crippen LogP contribution in [-0.2, 0) is 4.79 Å².